The van der Waals surface area contributed by atoms with Gasteiger partial charge in [-0.15, -0.1) is 11.3 Å². The lowest BCUT2D eigenvalue weighted by atomic mass is 9.99. The molecule has 26 heavy (non-hydrogen) atoms. The number of hydrogen-bond donors (Lipinski definition) is 1. The second-order valence-electron chi connectivity index (χ2n) is 6.26. The lowest BCUT2D eigenvalue weighted by Gasteiger charge is -2.30. The second kappa shape index (κ2) is 6.10. The summed E-state index contributed by atoms with van der Waals surface area (Å²) in [5.74, 6) is -2.12. The van der Waals surface area contributed by atoms with Crippen LogP contribution < -0.4 is 0 Å². The van der Waals surface area contributed by atoms with E-state index >= 15 is 0 Å². The highest BCUT2D eigenvalue weighted by Crippen LogP contribution is 2.43. The number of hydrogen-bond acceptors (Lipinski definition) is 7. The van der Waals surface area contributed by atoms with Gasteiger partial charge in [0.1, 0.15) is 6.04 Å². The van der Waals surface area contributed by atoms with E-state index in [2.05, 4.69) is 0 Å². The van der Waals surface area contributed by atoms with Crippen LogP contribution in [-0.2, 0) is 14.6 Å². The third kappa shape index (κ3) is 2.67. The fourth-order valence-corrected chi connectivity index (χ4v) is 6.04. The molecule has 7 nitrogen and oxygen atoms in total. The normalized spacial score (nSPS) is 25.2. The van der Waals surface area contributed by atoms with Crippen molar-refractivity contribution in [3.63, 3.8) is 0 Å². The van der Waals surface area contributed by atoms with Gasteiger partial charge in [0.2, 0.25) is 5.78 Å². The predicted molar refractivity (Wildman–Crippen MR) is 93.7 cm³/mol. The van der Waals surface area contributed by atoms with Crippen LogP contribution >= 0.6 is 11.3 Å². The minimum atomic E-state index is -3.24. The van der Waals surface area contributed by atoms with Gasteiger partial charge in [0.05, 0.1) is 23.3 Å². The highest BCUT2D eigenvalue weighted by atomic mass is 32.2. The Labute approximate surface area is 153 Å². The summed E-state index contributed by atoms with van der Waals surface area (Å²) < 4.78 is 28.9. The number of Topliss-reactive ketones (excluding diaryl/α,β-unsaturated/α-hetero) is 1. The van der Waals surface area contributed by atoms with Crippen molar-refractivity contribution in [2.45, 2.75) is 18.5 Å². The average molecular weight is 393 g/mol. The number of aliphatic hydroxyl groups is 1. The number of thiophene rings is 1. The van der Waals surface area contributed by atoms with Crippen LogP contribution in [0.2, 0.25) is 0 Å². The van der Waals surface area contributed by atoms with Crippen molar-refractivity contribution in [2.24, 2.45) is 0 Å². The molecule has 1 saturated heterocycles. The molecule has 1 N–H and O–H groups in total. The van der Waals surface area contributed by atoms with E-state index in [9.17, 15) is 23.1 Å². The first kappa shape index (κ1) is 17.0. The molecule has 2 unspecified atom stereocenters. The van der Waals surface area contributed by atoms with Gasteiger partial charge in [0.25, 0.3) is 5.91 Å². The minimum Gasteiger partial charge on any atom is -0.503 e. The molecule has 4 heterocycles. The largest absolute Gasteiger partial charge is 0.503 e. The number of nitrogens with zero attached hydrogens (tertiary/aromatic N) is 1. The van der Waals surface area contributed by atoms with Gasteiger partial charge in [-0.3, -0.25) is 9.59 Å². The molecule has 2 aromatic heterocycles. The number of sulfone groups is 1. The number of rotatable bonds is 4. The average Bonchev–Trinajstić information content (AvgIpc) is 3.36. The monoisotopic (exact) mass is 393 g/mol. The van der Waals surface area contributed by atoms with Gasteiger partial charge < -0.3 is 14.4 Å². The Kier molecular flexibility index (Phi) is 4.00. The molecule has 0 spiro atoms. The number of carbonyl (C=O) groups is 2. The van der Waals surface area contributed by atoms with E-state index in [1.54, 1.807) is 23.6 Å². The van der Waals surface area contributed by atoms with Crippen molar-refractivity contribution < 1.29 is 27.5 Å². The first-order valence-electron chi connectivity index (χ1n) is 7.97. The Morgan fingerprint density at radius 3 is 2.69 bits per heavy atom. The van der Waals surface area contributed by atoms with Crippen LogP contribution in [0.25, 0.3) is 0 Å². The molecule has 136 valence electrons. The molecule has 0 bridgehead atoms. The maximum absolute atomic E-state index is 12.9. The summed E-state index contributed by atoms with van der Waals surface area (Å²) in [6, 6.07) is 5.14. The topological polar surface area (TPSA) is 105 Å². The van der Waals surface area contributed by atoms with E-state index < -0.39 is 39.4 Å². The van der Waals surface area contributed by atoms with Crippen molar-refractivity contribution in [1.82, 2.24) is 4.90 Å². The first-order valence-corrected chi connectivity index (χ1v) is 10.7. The molecule has 2 aliphatic rings. The second-order valence-corrected chi connectivity index (χ2v) is 9.46. The number of ketones is 1. The summed E-state index contributed by atoms with van der Waals surface area (Å²) in [7, 11) is -3.24. The number of aliphatic hydroxyl groups excluding tert-OH is 1. The molecule has 0 aromatic carbocycles. The summed E-state index contributed by atoms with van der Waals surface area (Å²) in [6.45, 7) is 0. The molecule has 2 aromatic rings. The van der Waals surface area contributed by atoms with Gasteiger partial charge in [-0.25, -0.2) is 8.42 Å². The van der Waals surface area contributed by atoms with E-state index in [0.29, 0.717) is 4.88 Å². The third-order valence-electron chi connectivity index (χ3n) is 4.65. The molecule has 0 radical (unpaired) electrons. The standard InChI is InChI=1S/C17H15NO6S2/c19-15(11-3-1-6-24-11)13-14(12-4-2-7-25-12)18(17(21)16(13)20)10-5-8-26(22,23)9-10/h1-4,6-7,10,14,20H,5,8-9H2. The predicted octanol–water partition coefficient (Wildman–Crippen LogP) is 2.11. The number of amides is 1. The Morgan fingerprint density at radius 2 is 2.12 bits per heavy atom. The third-order valence-corrected chi connectivity index (χ3v) is 7.32. The fourth-order valence-electron chi connectivity index (χ4n) is 3.49. The van der Waals surface area contributed by atoms with Crippen LogP contribution in [0.15, 0.2) is 51.7 Å². The maximum Gasteiger partial charge on any atom is 0.290 e. The van der Waals surface area contributed by atoms with E-state index in [1.807, 2.05) is 0 Å². The molecular formula is C17H15NO6S2. The van der Waals surface area contributed by atoms with Crippen LogP contribution in [0.4, 0.5) is 0 Å². The highest BCUT2D eigenvalue weighted by Gasteiger charge is 2.49. The zero-order valence-corrected chi connectivity index (χ0v) is 15.1. The number of carbonyl (C=O) groups excluding carboxylic acids is 2. The SMILES string of the molecule is O=C(C1=C(O)C(=O)N(C2CCS(=O)(=O)C2)C1c1cccs1)c1ccco1. The Bertz CT molecular complexity index is 988. The summed E-state index contributed by atoms with van der Waals surface area (Å²) >= 11 is 1.33. The first-order chi connectivity index (χ1) is 12.4. The van der Waals surface area contributed by atoms with Crippen molar-refractivity contribution in [2.75, 3.05) is 11.5 Å². The van der Waals surface area contributed by atoms with Crippen molar-refractivity contribution in [1.29, 1.82) is 0 Å². The molecule has 4 rings (SSSR count). The lowest BCUT2D eigenvalue weighted by Crippen LogP contribution is -2.40. The molecule has 1 fully saturated rings. The van der Waals surface area contributed by atoms with Crippen LogP contribution in [0.3, 0.4) is 0 Å². The lowest BCUT2D eigenvalue weighted by molar-refractivity contribution is -0.131. The summed E-state index contributed by atoms with van der Waals surface area (Å²) in [5, 5.41) is 12.2. The highest BCUT2D eigenvalue weighted by molar-refractivity contribution is 7.91. The van der Waals surface area contributed by atoms with E-state index in [0.717, 1.165) is 0 Å². The Balaban J connectivity index is 1.80. The Morgan fingerprint density at radius 1 is 1.31 bits per heavy atom. The quantitative estimate of drug-likeness (QED) is 0.798. The van der Waals surface area contributed by atoms with Crippen LogP contribution in [0, 0.1) is 0 Å². The van der Waals surface area contributed by atoms with Crippen LogP contribution in [0.5, 0.6) is 0 Å². The molecule has 1 amide bonds. The molecule has 2 aliphatic heterocycles. The zero-order chi connectivity index (χ0) is 18.5. The zero-order valence-electron chi connectivity index (χ0n) is 13.5. The van der Waals surface area contributed by atoms with E-state index in [4.69, 9.17) is 4.42 Å². The van der Waals surface area contributed by atoms with E-state index in [-0.39, 0.29) is 29.3 Å². The van der Waals surface area contributed by atoms with Gasteiger partial charge >= 0.3 is 0 Å². The van der Waals surface area contributed by atoms with E-state index in [1.165, 1.54) is 28.6 Å². The minimum absolute atomic E-state index is 0.0131. The maximum atomic E-state index is 12.9. The fraction of sp³-hybridized carbons (Fsp3) is 0.294. The summed E-state index contributed by atoms with van der Waals surface area (Å²) in [5.41, 5.74) is -0.0725. The van der Waals surface area contributed by atoms with Crippen molar-refractivity contribution in [3.8, 4) is 0 Å². The summed E-state index contributed by atoms with van der Waals surface area (Å²) in [6.07, 6.45) is 1.62. The Hall–Kier alpha value is -2.39. The molecular weight excluding hydrogens is 378 g/mol. The van der Waals surface area contributed by atoms with Crippen molar-refractivity contribution in [3.05, 3.63) is 57.9 Å². The van der Waals surface area contributed by atoms with Gasteiger partial charge in [-0.2, -0.15) is 0 Å². The van der Waals surface area contributed by atoms with Gasteiger partial charge in [-0.05, 0) is 30.0 Å². The molecule has 0 saturated carbocycles. The van der Waals surface area contributed by atoms with Crippen LogP contribution in [0.1, 0.15) is 27.9 Å². The summed E-state index contributed by atoms with van der Waals surface area (Å²) in [4.78, 5) is 27.6. The molecule has 0 aliphatic carbocycles. The number of furan rings is 1. The molecule has 2 atom stereocenters. The van der Waals surface area contributed by atoms with Gasteiger partial charge in [-0.1, -0.05) is 6.07 Å². The van der Waals surface area contributed by atoms with Gasteiger partial charge in [0, 0.05) is 10.9 Å². The van der Waals surface area contributed by atoms with Crippen molar-refractivity contribution >= 4 is 32.9 Å². The molecule has 9 heteroatoms. The smallest absolute Gasteiger partial charge is 0.290 e. The van der Waals surface area contributed by atoms with Gasteiger partial charge in [0.15, 0.2) is 21.4 Å². The van der Waals surface area contributed by atoms with Crippen LogP contribution in [-0.4, -0.2) is 47.7 Å².